The number of benzene rings is 1. The number of carbonyl (C=O) groups is 1. The van der Waals surface area contributed by atoms with Crippen molar-refractivity contribution < 1.29 is 9.53 Å². The first-order valence-corrected chi connectivity index (χ1v) is 6.95. The fourth-order valence-electron chi connectivity index (χ4n) is 1.48. The highest BCUT2D eigenvalue weighted by Gasteiger charge is 2.16. The molecule has 2 aromatic rings. The van der Waals surface area contributed by atoms with Crippen LogP contribution >= 0.6 is 22.9 Å². The molecule has 19 heavy (non-hydrogen) atoms. The molecule has 0 radical (unpaired) electrons. The molecule has 6 heteroatoms. The molecule has 0 unspecified atom stereocenters. The summed E-state index contributed by atoms with van der Waals surface area (Å²) in [5.41, 5.74) is 0.890. The molecule has 0 fully saturated rings. The van der Waals surface area contributed by atoms with Crippen molar-refractivity contribution in [3.8, 4) is 5.75 Å². The Bertz CT molecular complexity index is 572. The van der Waals surface area contributed by atoms with Crippen molar-refractivity contribution >= 4 is 34.0 Å². The highest BCUT2D eigenvalue weighted by Crippen LogP contribution is 2.23. The van der Waals surface area contributed by atoms with Gasteiger partial charge in [0.05, 0.1) is 0 Å². The van der Waals surface area contributed by atoms with Gasteiger partial charge < -0.3 is 4.74 Å². The van der Waals surface area contributed by atoms with Crippen LogP contribution in [0.2, 0.25) is 5.02 Å². The maximum absolute atomic E-state index is 11.9. The third-order valence-electron chi connectivity index (χ3n) is 2.47. The summed E-state index contributed by atoms with van der Waals surface area (Å²) < 4.78 is 5.62. The van der Waals surface area contributed by atoms with E-state index in [0.29, 0.717) is 15.9 Å². The maximum Gasteiger partial charge on any atom is 0.266 e. The maximum atomic E-state index is 11.9. The first-order chi connectivity index (χ1) is 9.06. The number of carbonyl (C=O) groups excluding carboxylic acids is 1. The van der Waals surface area contributed by atoms with Crippen LogP contribution in [0.25, 0.3) is 0 Å². The predicted molar refractivity (Wildman–Crippen MR) is 77.0 cm³/mol. The number of anilines is 1. The lowest BCUT2D eigenvalue weighted by Crippen LogP contribution is -2.30. The van der Waals surface area contributed by atoms with Gasteiger partial charge in [0.1, 0.15) is 5.75 Å². The number of ether oxygens (including phenoxy) is 1. The van der Waals surface area contributed by atoms with Crippen molar-refractivity contribution in [3.63, 3.8) is 0 Å². The number of rotatable bonds is 4. The van der Waals surface area contributed by atoms with E-state index in [4.69, 9.17) is 16.3 Å². The summed E-state index contributed by atoms with van der Waals surface area (Å²) in [6.45, 7) is 3.57. The summed E-state index contributed by atoms with van der Waals surface area (Å²) >= 11 is 7.23. The number of aryl methyl sites for hydroxylation is 1. The molecule has 1 aromatic heterocycles. The highest BCUT2D eigenvalue weighted by molar-refractivity contribution is 7.13. The molecule has 1 N–H and O–H groups in total. The average molecular weight is 297 g/mol. The van der Waals surface area contributed by atoms with Gasteiger partial charge in [0, 0.05) is 16.6 Å². The molecule has 1 aromatic carbocycles. The number of thiazole rings is 1. The summed E-state index contributed by atoms with van der Waals surface area (Å²) in [6.07, 6.45) is 1.03. The molecule has 0 aliphatic rings. The molecule has 1 heterocycles. The monoisotopic (exact) mass is 296 g/mol. The minimum Gasteiger partial charge on any atom is -0.481 e. The standard InChI is InChI=1S/C13H13ClN2O2S/c1-8-7-10(14)3-4-11(8)18-9(2)12(17)16-13-15-5-6-19-13/h3-7,9H,1-2H3,(H,15,16,17)/t9-/m0/s1. The number of nitrogens with zero attached hydrogens (tertiary/aromatic N) is 1. The highest BCUT2D eigenvalue weighted by atomic mass is 35.5. The summed E-state index contributed by atoms with van der Waals surface area (Å²) in [4.78, 5) is 15.9. The van der Waals surface area contributed by atoms with Crippen LogP contribution in [0.1, 0.15) is 12.5 Å². The van der Waals surface area contributed by atoms with E-state index in [2.05, 4.69) is 10.3 Å². The molecule has 0 bridgehead atoms. The molecule has 0 aliphatic carbocycles. The van der Waals surface area contributed by atoms with Gasteiger partial charge in [-0.05, 0) is 37.6 Å². The van der Waals surface area contributed by atoms with Crippen molar-refractivity contribution in [3.05, 3.63) is 40.4 Å². The van der Waals surface area contributed by atoms with Gasteiger partial charge in [-0.2, -0.15) is 0 Å². The third kappa shape index (κ3) is 3.68. The second-order valence-electron chi connectivity index (χ2n) is 4.00. The Hall–Kier alpha value is -1.59. The third-order valence-corrected chi connectivity index (χ3v) is 3.40. The Morgan fingerprint density at radius 2 is 2.32 bits per heavy atom. The molecule has 0 aliphatic heterocycles. The van der Waals surface area contributed by atoms with E-state index in [1.54, 1.807) is 36.7 Å². The summed E-state index contributed by atoms with van der Waals surface area (Å²) in [7, 11) is 0. The number of hydrogen-bond donors (Lipinski definition) is 1. The second-order valence-corrected chi connectivity index (χ2v) is 5.33. The Morgan fingerprint density at radius 1 is 1.53 bits per heavy atom. The van der Waals surface area contributed by atoms with E-state index in [0.717, 1.165) is 5.56 Å². The normalized spacial score (nSPS) is 11.9. The summed E-state index contributed by atoms with van der Waals surface area (Å²) in [6, 6.07) is 5.28. The predicted octanol–water partition coefficient (Wildman–Crippen LogP) is 3.51. The van der Waals surface area contributed by atoms with Gasteiger partial charge in [0.2, 0.25) is 0 Å². The van der Waals surface area contributed by atoms with Gasteiger partial charge >= 0.3 is 0 Å². The topological polar surface area (TPSA) is 51.2 Å². The Kier molecular flexibility index (Phi) is 4.39. The zero-order valence-electron chi connectivity index (χ0n) is 10.5. The first kappa shape index (κ1) is 13.8. The lowest BCUT2D eigenvalue weighted by molar-refractivity contribution is -0.122. The van der Waals surface area contributed by atoms with Crippen molar-refractivity contribution in [2.45, 2.75) is 20.0 Å². The average Bonchev–Trinajstić information content (AvgIpc) is 2.85. The number of aromatic nitrogens is 1. The fourth-order valence-corrected chi connectivity index (χ4v) is 2.24. The van der Waals surface area contributed by atoms with E-state index >= 15 is 0 Å². The Labute approximate surface area is 120 Å². The number of nitrogens with one attached hydrogen (secondary N) is 1. The van der Waals surface area contributed by atoms with Gasteiger partial charge in [-0.15, -0.1) is 11.3 Å². The second kappa shape index (κ2) is 6.04. The van der Waals surface area contributed by atoms with Crippen molar-refractivity contribution in [1.82, 2.24) is 4.98 Å². The quantitative estimate of drug-likeness (QED) is 0.939. The number of halogens is 1. The van der Waals surface area contributed by atoms with Crippen LogP contribution in [-0.4, -0.2) is 17.0 Å². The van der Waals surface area contributed by atoms with Crippen LogP contribution in [0.3, 0.4) is 0 Å². The Balaban J connectivity index is 2.00. The van der Waals surface area contributed by atoms with E-state index in [-0.39, 0.29) is 5.91 Å². The fraction of sp³-hybridized carbons (Fsp3) is 0.231. The molecule has 4 nitrogen and oxygen atoms in total. The zero-order chi connectivity index (χ0) is 13.8. The van der Waals surface area contributed by atoms with Crippen LogP contribution in [0, 0.1) is 6.92 Å². The van der Waals surface area contributed by atoms with Crippen LogP contribution < -0.4 is 10.1 Å². The first-order valence-electron chi connectivity index (χ1n) is 5.69. The van der Waals surface area contributed by atoms with Gasteiger partial charge in [0.25, 0.3) is 5.91 Å². The molecular weight excluding hydrogens is 284 g/mol. The van der Waals surface area contributed by atoms with Crippen molar-refractivity contribution in [2.75, 3.05) is 5.32 Å². The van der Waals surface area contributed by atoms with Gasteiger partial charge in [-0.25, -0.2) is 4.98 Å². The van der Waals surface area contributed by atoms with E-state index in [9.17, 15) is 4.79 Å². The molecule has 0 spiro atoms. The number of amides is 1. The number of hydrogen-bond acceptors (Lipinski definition) is 4. The lowest BCUT2D eigenvalue weighted by Gasteiger charge is -2.15. The van der Waals surface area contributed by atoms with E-state index < -0.39 is 6.10 Å². The van der Waals surface area contributed by atoms with Crippen LogP contribution in [0.5, 0.6) is 5.75 Å². The molecule has 0 saturated carbocycles. The summed E-state index contributed by atoms with van der Waals surface area (Å²) in [5, 5.41) is 5.69. The van der Waals surface area contributed by atoms with E-state index in [1.165, 1.54) is 11.3 Å². The molecule has 0 saturated heterocycles. The van der Waals surface area contributed by atoms with Crippen molar-refractivity contribution in [1.29, 1.82) is 0 Å². The van der Waals surface area contributed by atoms with Gasteiger partial charge in [-0.1, -0.05) is 11.6 Å². The van der Waals surface area contributed by atoms with Crippen molar-refractivity contribution in [2.24, 2.45) is 0 Å². The molecule has 1 amide bonds. The lowest BCUT2D eigenvalue weighted by atomic mass is 10.2. The molecule has 1 atom stereocenters. The van der Waals surface area contributed by atoms with Crippen LogP contribution in [0.4, 0.5) is 5.13 Å². The smallest absolute Gasteiger partial charge is 0.266 e. The minimum atomic E-state index is -0.608. The molecule has 2 rings (SSSR count). The van der Waals surface area contributed by atoms with Crippen LogP contribution in [0.15, 0.2) is 29.8 Å². The van der Waals surface area contributed by atoms with E-state index in [1.807, 2.05) is 6.92 Å². The zero-order valence-corrected chi connectivity index (χ0v) is 12.1. The SMILES string of the molecule is Cc1cc(Cl)ccc1O[C@@H](C)C(=O)Nc1nccs1. The molecule has 100 valence electrons. The van der Waals surface area contributed by atoms with Crippen LogP contribution in [-0.2, 0) is 4.79 Å². The Morgan fingerprint density at radius 3 is 2.95 bits per heavy atom. The molecular formula is C13H13ClN2O2S. The summed E-state index contributed by atoms with van der Waals surface area (Å²) in [5.74, 6) is 0.412. The minimum absolute atomic E-state index is 0.232. The van der Waals surface area contributed by atoms with Gasteiger partial charge in [0.15, 0.2) is 11.2 Å². The largest absolute Gasteiger partial charge is 0.481 e. The van der Waals surface area contributed by atoms with Gasteiger partial charge in [-0.3, -0.25) is 10.1 Å².